The van der Waals surface area contributed by atoms with Crippen molar-refractivity contribution in [1.82, 2.24) is 5.32 Å². The first kappa shape index (κ1) is 12.4. The number of nitriles is 1. The molecule has 3 nitrogen and oxygen atoms in total. The fraction of sp³-hybridized carbons (Fsp3) is 0.462. The summed E-state index contributed by atoms with van der Waals surface area (Å²) in [5, 5.41) is 12.2. The van der Waals surface area contributed by atoms with Gasteiger partial charge in [0.05, 0.1) is 6.10 Å². The van der Waals surface area contributed by atoms with Crippen LogP contribution in [0.2, 0.25) is 0 Å². The van der Waals surface area contributed by atoms with Crippen molar-refractivity contribution in [3.63, 3.8) is 0 Å². The molecule has 2 rings (SSSR count). The molecule has 0 saturated heterocycles. The van der Waals surface area contributed by atoms with E-state index in [-0.39, 0.29) is 6.10 Å². The SMILES string of the molecule is CNCC1CC(Oc2cccc(Br)c2C#N)C1. The fourth-order valence-corrected chi connectivity index (χ4v) is 2.55. The third kappa shape index (κ3) is 2.80. The smallest absolute Gasteiger partial charge is 0.138 e. The third-order valence-electron chi connectivity index (χ3n) is 3.07. The zero-order valence-corrected chi connectivity index (χ0v) is 11.3. The molecule has 1 aliphatic rings. The zero-order chi connectivity index (χ0) is 12.3. The minimum atomic E-state index is 0.259. The number of rotatable bonds is 4. The molecule has 1 fully saturated rings. The minimum absolute atomic E-state index is 0.259. The fourth-order valence-electron chi connectivity index (χ4n) is 2.12. The lowest BCUT2D eigenvalue weighted by Crippen LogP contribution is -2.38. The van der Waals surface area contributed by atoms with Crippen LogP contribution in [0.15, 0.2) is 22.7 Å². The summed E-state index contributed by atoms with van der Waals surface area (Å²) in [5.41, 5.74) is 0.588. The van der Waals surface area contributed by atoms with Crippen LogP contribution in [0.25, 0.3) is 0 Å². The summed E-state index contributed by atoms with van der Waals surface area (Å²) < 4.78 is 6.64. The van der Waals surface area contributed by atoms with Crippen LogP contribution in [-0.4, -0.2) is 19.7 Å². The first-order valence-corrected chi connectivity index (χ1v) is 6.53. The summed E-state index contributed by atoms with van der Waals surface area (Å²) in [6, 6.07) is 7.78. The number of nitrogens with zero attached hydrogens (tertiary/aromatic N) is 1. The first-order valence-electron chi connectivity index (χ1n) is 5.74. The third-order valence-corrected chi connectivity index (χ3v) is 3.73. The molecule has 0 spiro atoms. The van der Waals surface area contributed by atoms with Crippen molar-refractivity contribution >= 4 is 15.9 Å². The number of benzene rings is 1. The first-order chi connectivity index (χ1) is 8.24. The molecule has 1 saturated carbocycles. The predicted molar refractivity (Wildman–Crippen MR) is 69.9 cm³/mol. The van der Waals surface area contributed by atoms with Gasteiger partial charge in [-0.15, -0.1) is 0 Å². The van der Waals surface area contributed by atoms with Gasteiger partial charge in [0.1, 0.15) is 17.4 Å². The molecule has 0 aliphatic heterocycles. The maximum absolute atomic E-state index is 9.07. The molecular formula is C13H15BrN2O. The molecule has 1 aliphatic carbocycles. The van der Waals surface area contributed by atoms with Crippen molar-refractivity contribution in [2.75, 3.05) is 13.6 Å². The van der Waals surface area contributed by atoms with Crippen LogP contribution in [0.1, 0.15) is 18.4 Å². The quantitative estimate of drug-likeness (QED) is 0.929. The average molecular weight is 295 g/mol. The molecule has 1 aromatic carbocycles. The Morgan fingerprint density at radius 2 is 2.29 bits per heavy atom. The van der Waals surface area contributed by atoms with Crippen molar-refractivity contribution in [3.8, 4) is 11.8 Å². The lowest BCUT2D eigenvalue weighted by molar-refractivity contribution is 0.0654. The van der Waals surface area contributed by atoms with Crippen molar-refractivity contribution in [3.05, 3.63) is 28.2 Å². The van der Waals surface area contributed by atoms with Crippen LogP contribution in [0, 0.1) is 17.2 Å². The standard InChI is InChI=1S/C13H15BrN2O/c1-16-8-9-5-10(6-9)17-13-4-2-3-12(14)11(13)7-15/h2-4,9-10,16H,5-6,8H2,1H3. The molecule has 0 unspecified atom stereocenters. The van der Waals surface area contributed by atoms with E-state index in [9.17, 15) is 0 Å². The van der Waals surface area contributed by atoms with E-state index in [4.69, 9.17) is 10.00 Å². The Balaban J connectivity index is 1.97. The summed E-state index contributed by atoms with van der Waals surface area (Å²) in [4.78, 5) is 0. The van der Waals surface area contributed by atoms with E-state index in [2.05, 4.69) is 27.3 Å². The van der Waals surface area contributed by atoms with Crippen LogP contribution in [0.5, 0.6) is 5.75 Å². The van der Waals surface area contributed by atoms with Gasteiger partial charge >= 0.3 is 0 Å². The molecule has 0 bridgehead atoms. The van der Waals surface area contributed by atoms with Gasteiger partial charge in [-0.1, -0.05) is 6.07 Å². The molecule has 4 heteroatoms. The van der Waals surface area contributed by atoms with Gasteiger partial charge in [0.15, 0.2) is 0 Å². The summed E-state index contributed by atoms with van der Waals surface area (Å²) in [6.45, 7) is 1.05. The molecular weight excluding hydrogens is 280 g/mol. The largest absolute Gasteiger partial charge is 0.489 e. The van der Waals surface area contributed by atoms with Gasteiger partial charge in [0.2, 0.25) is 0 Å². The van der Waals surface area contributed by atoms with Crippen LogP contribution < -0.4 is 10.1 Å². The highest BCUT2D eigenvalue weighted by molar-refractivity contribution is 9.10. The number of halogens is 1. The van der Waals surface area contributed by atoms with Gasteiger partial charge in [0, 0.05) is 4.47 Å². The van der Waals surface area contributed by atoms with E-state index >= 15 is 0 Å². The maximum atomic E-state index is 9.07. The van der Waals surface area contributed by atoms with Gasteiger partial charge in [-0.2, -0.15) is 5.26 Å². The van der Waals surface area contributed by atoms with E-state index in [1.807, 2.05) is 25.2 Å². The van der Waals surface area contributed by atoms with E-state index in [0.29, 0.717) is 17.2 Å². The van der Waals surface area contributed by atoms with Gasteiger partial charge in [-0.3, -0.25) is 0 Å². The Morgan fingerprint density at radius 1 is 1.53 bits per heavy atom. The zero-order valence-electron chi connectivity index (χ0n) is 9.74. The molecule has 90 valence electrons. The Labute approximate surface area is 110 Å². The van der Waals surface area contributed by atoms with E-state index < -0.39 is 0 Å². The average Bonchev–Trinajstić information content (AvgIpc) is 2.26. The maximum Gasteiger partial charge on any atom is 0.138 e. The molecule has 0 heterocycles. The van der Waals surface area contributed by atoms with Crippen LogP contribution >= 0.6 is 15.9 Å². The predicted octanol–water partition coefficient (Wildman–Crippen LogP) is 2.70. The summed E-state index contributed by atoms with van der Waals surface area (Å²) in [6.07, 6.45) is 2.39. The highest BCUT2D eigenvalue weighted by Crippen LogP contribution is 2.33. The normalized spacial score (nSPS) is 22.6. The molecule has 1 aromatic rings. The molecule has 0 aromatic heterocycles. The number of nitrogens with one attached hydrogen (secondary N) is 1. The summed E-state index contributed by atoms with van der Waals surface area (Å²) in [5.74, 6) is 1.40. The highest BCUT2D eigenvalue weighted by Gasteiger charge is 2.30. The molecule has 17 heavy (non-hydrogen) atoms. The van der Waals surface area contributed by atoms with Crippen molar-refractivity contribution in [1.29, 1.82) is 5.26 Å². The van der Waals surface area contributed by atoms with Crippen LogP contribution in [0.3, 0.4) is 0 Å². The van der Waals surface area contributed by atoms with Crippen molar-refractivity contribution < 1.29 is 4.74 Å². The number of ether oxygens (including phenoxy) is 1. The van der Waals surface area contributed by atoms with E-state index in [0.717, 1.165) is 23.9 Å². The van der Waals surface area contributed by atoms with Crippen molar-refractivity contribution in [2.45, 2.75) is 18.9 Å². The Kier molecular flexibility index (Phi) is 4.03. The topological polar surface area (TPSA) is 45.0 Å². The number of hydrogen-bond acceptors (Lipinski definition) is 3. The number of hydrogen-bond donors (Lipinski definition) is 1. The second-order valence-electron chi connectivity index (χ2n) is 4.36. The molecule has 1 N–H and O–H groups in total. The van der Waals surface area contributed by atoms with Gasteiger partial charge in [0.25, 0.3) is 0 Å². The van der Waals surface area contributed by atoms with E-state index in [1.54, 1.807) is 0 Å². The molecule has 0 atom stereocenters. The second kappa shape index (κ2) is 5.52. The lowest BCUT2D eigenvalue weighted by atomic mass is 9.82. The van der Waals surface area contributed by atoms with Gasteiger partial charge in [-0.25, -0.2) is 0 Å². The second-order valence-corrected chi connectivity index (χ2v) is 5.21. The summed E-state index contributed by atoms with van der Waals surface area (Å²) in [7, 11) is 1.97. The van der Waals surface area contributed by atoms with Crippen LogP contribution in [-0.2, 0) is 0 Å². The minimum Gasteiger partial charge on any atom is -0.489 e. The molecule has 0 radical (unpaired) electrons. The summed E-state index contributed by atoms with van der Waals surface area (Å²) >= 11 is 3.36. The van der Waals surface area contributed by atoms with Gasteiger partial charge < -0.3 is 10.1 Å². The van der Waals surface area contributed by atoms with Crippen molar-refractivity contribution in [2.24, 2.45) is 5.92 Å². The van der Waals surface area contributed by atoms with E-state index in [1.165, 1.54) is 0 Å². The molecule has 0 amide bonds. The van der Waals surface area contributed by atoms with Crippen LogP contribution in [0.4, 0.5) is 0 Å². The Morgan fingerprint density at radius 3 is 2.94 bits per heavy atom. The van der Waals surface area contributed by atoms with Gasteiger partial charge in [-0.05, 0) is 60.4 Å². The highest BCUT2D eigenvalue weighted by atomic mass is 79.9. The monoisotopic (exact) mass is 294 g/mol. The Bertz CT molecular complexity index is 436. The Hall–Kier alpha value is -1.05. The lowest BCUT2D eigenvalue weighted by Gasteiger charge is -2.35.